The Hall–Kier alpha value is -1.14. The van der Waals surface area contributed by atoms with Crippen LogP contribution in [0.2, 0.25) is 0 Å². The molecule has 1 N–H and O–H groups in total. The molecule has 1 aromatic heterocycles. The van der Waals surface area contributed by atoms with E-state index in [1.54, 1.807) is 24.8 Å². The molecule has 1 aromatic carbocycles. The summed E-state index contributed by atoms with van der Waals surface area (Å²) < 4.78 is 3.57. The molecule has 0 aliphatic heterocycles. The van der Waals surface area contributed by atoms with E-state index in [9.17, 15) is 5.11 Å². The van der Waals surface area contributed by atoms with Crippen molar-refractivity contribution in [2.45, 2.75) is 13.0 Å². The normalized spacial score (nSPS) is 11.3. The molecule has 0 unspecified atom stereocenters. The Balaban J connectivity index is 1.88. The molecule has 19 heavy (non-hydrogen) atoms. The Morgan fingerprint density at radius 1 is 1.37 bits per heavy atom. The van der Waals surface area contributed by atoms with Crippen LogP contribution in [-0.4, -0.2) is 27.4 Å². The molecule has 0 bridgehead atoms. The fraction of sp³-hybridized carbons (Fsp3) is 0.231. The van der Waals surface area contributed by atoms with Crippen molar-refractivity contribution in [1.82, 2.24) is 9.55 Å². The van der Waals surface area contributed by atoms with Gasteiger partial charge in [-0.3, -0.25) is 4.99 Å². The molecule has 0 saturated carbocycles. The van der Waals surface area contributed by atoms with E-state index < -0.39 is 0 Å². The lowest BCUT2D eigenvalue weighted by molar-refractivity contribution is 0.471. The van der Waals surface area contributed by atoms with E-state index in [2.05, 4.69) is 41.8 Å². The van der Waals surface area contributed by atoms with Gasteiger partial charge in [-0.2, -0.15) is 0 Å². The van der Waals surface area contributed by atoms with Gasteiger partial charge in [-0.1, -0.05) is 15.9 Å². The van der Waals surface area contributed by atoms with E-state index in [-0.39, 0.29) is 5.75 Å². The maximum atomic E-state index is 9.86. The van der Waals surface area contributed by atoms with Crippen LogP contribution in [0.25, 0.3) is 0 Å². The molecule has 1 heterocycles. The average molecular weight is 387 g/mol. The Bertz CT molecular complexity index is 568. The molecule has 0 atom stereocenters. The number of aromatic hydroxyl groups is 1. The highest BCUT2D eigenvalue weighted by Gasteiger charge is 2.04. The summed E-state index contributed by atoms with van der Waals surface area (Å²) in [5.41, 5.74) is 0.698. The molecular formula is C13H13Br2N3O. The summed E-state index contributed by atoms with van der Waals surface area (Å²) in [4.78, 5) is 8.30. The molecule has 0 radical (unpaired) electrons. The molecule has 0 fully saturated rings. The zero-order valence-electron chi connectivity index (χ0n) is 10.1. The van der Waals surface area contributed by atoms with Crippen molar-refractivity contribution < 1.29 is 5.11 Å². The Labute approximate surface area is 128 Å². The van der Waals surface area contributed by atoms with Crippen LogP contribution in [0.15, 0.2) is 44.8 Å². The predicted octanol–water partition coefficient (Wildman–Crippen LogP) is 3.62. The number of aryl methyl sites for hydroxylation is 1. The second-order valence-corrected chi connectivity index (χ2v) is 5.78. The molecule has 6 heteroatoms. The summed E-state index contributed by atoms with van der Waals surface area (Å²) >= 11 is 6.68. The maximum absolute atomic E-state index is 9.86. The molecule has 2 rings (SSSR count). The summed E-state index contributed by atoms with van der Waals surface area (Å²) in [5, 5.41) is 9.86. The number of imidazole rings is 1. The van der Waals surface area contributed by atoms with Gasteiger partial charge in [0.1, 0.15) is 5.75 Å². The van der Waals surface area contributed by atoms with Crippen LogP contribution < -0.4 is 0 Å². The zero-order chi connectivity index (χ0) is 13.7. The molecule has 0 aliphatic rings. The van der Waals surface area contributed by atoms with Crippen molar-refractivity contribution in [3.05, 3.63) is 45.4 Å². The van der Waals surface area contributed by atoms with Crippen molar-refractivity contribution in [1.29, 1.82) is 0 Å². The number of benzene rings is 1. The first-order chi connectivity index (χ1) is 9.16. The Morgan fingerprint density at radius 2 is 2.21 bits per heavy atom. The maximum Gasteiger partial charge on any atom is 0.138 e. The van der Waals surface area contributed by atoms with Gasteiger partial charge in [0.25, 0.3) is 0 Å². The van der Waals surface area contributed by atoms with Gasteiger partial charge in [0, 0.05) is 41.7 Å². The van der Waals surface area contributed by atoms with Crippen LogP contribution in [0.1, 0.15) is 12.0 Å². The van der Waals surface area contributed by atoms with E-state index in [1.165, 1.54) is 0 Å². The van der Waals surface area contributed by atoms with Gasteiger partial charge in [-0.15, -0.1) is 0 Å². The third-order valence-corrected chi connectivity index (χ3v) is 3.61. The summed E-state index contributed by atoms with van der Waals surface area (Å²) in [7, 11) is 0. The van der Waals surface area contributed by atoms with Gasteiger partial charge in [0.15, 0.2) is 0 Å². The SMILES string of the molecule is Oc1c(Br)cc(Br)cc1C=NCCCn1ccnc1. The number of halogens is 2. The number of aliphatic imine (C=N–C) groups is 1. The van der Waals surface area contributed by atoms with Gasteiger partial charge >= 0.3 is 0 Å². The van der Waals surface area contributed by atoms with Crippen LogP contribution in [0.3, 0.4) is 0 Å². The van der Waals surface area contributed by atoms with Crippen molar-refractivity contribution in [2.24, 2.45) is 4.99 Å². The van der Waals surface area contributed by atoms with Crippen molar-refractivity contribution in [3.63, 3.8) is 0 Å². The fourth-order valence-corrected chi connectivity index (χ4v) is 2.87. The third kappa shape index (κ3) is 4.18. The first-order valence-corrected chi connectivity index (χ1v) is 7.39. The summed E-state index contributed by atoms with van der Waals surface area (Å²) in [6, 6.07) is 3.63. The number of rotatable bonds is 5. The largest absolute Gasteiger partial charge is 0.506 e. The Kier molecular flexibility index (Phi) is 5.15. The molecule has 2 aromatic rings. The van der Waals surface area contributed by atoms with E-state index in [0.29, 0.717) is 16.6 Å². The van der Waals surface area contributed by atoms with Gasteiger partial charge in [0.2, 0.25) is 0 Å². The van der Waals surface area contributed by atoms with Crippen molar-refractivity contribution >= 4 is 38.1 Å². The van der Waals surface area contributed by atoms with Crippen LogP contribution in [0.5, 0.6) is 5.75 Å². The first kappa shape index (κ1) is 14.3. The monoisotopic (exact) mass is 385 g/mol. The van der Waals surface area contributed by atoms with Crippen LogP contribution in [0.4, 0.5) is 0 Å². The number of hydrogen-bond acceptors (Lipinski definition) is 3. The van der Waals surface area contributed by atoms with Crippen LogP contribution in [0, 0.1) is 0 Å². The molecular weight excluding hydrogens is 374 g/mol. The standard InChI is InChI=1S/C13H13Br2N3O/c14-11-6-10(13(19)12(15)7-11)8-16-2-1-4-18-5-3-17-9-18/h3,5-9,19H,1-2,4H2. The van der Waals surface area contributed by atoms with E-state index in [0.717, 1.165) is 17.4 Å². The molecule has 0 spiro atoms. The lowest BCUT2D eigenvalue weighted by atomic mass is 10.2. The highest BCUT2D eigenvalue weighted by Crippen LogP contribution is 2.30. The minimum Gasteiger partial charge on any atom is -0.506 e. The second kappa shape index (κ2) is 6.86. The zero-order valence-corrected chi connectivity index (χ0v) is 13.3. The summed E-state index contributed by atoms with van der Waals surface area (Å²) in [5.74, 6) is 0.210. The third-order valence-electron chi connectivity index (χ3n) is 2.55. The van der Waals surface area contributed by atoms with Crippen molar-refractivity contribution in [2.75, 3.05) is 6.54 Å². The molecule has 4 nitrogen and oxygen atoms in total. The van der Waals surface area contributed by atoms with Crippen LogP contribution >= 0.6 is 31.9 Å². The van der Waals surface area contributed by atoms with Gasteiger partial charge in [0.05, 0.1) is 10.8 Å². The minimum absolute atomic E-state index is 0.210. The highest BCUT2D eigenvalue weighted by atomic mass is 79.9. The smallest absolute Gasteiger partial charge is 0.138 e. The highest BCUT2D eigenvalue weighted by molar-refractivity contribution is 9.11. The van der Waals surface area contributed by atoms with E-state index >= 15 is 0 Å². The number of nitrogens with zero attached hydrogens (tertiary/aromatic N) is 3. The number of hydrogen-bond donors (Lipinski definition) is 1. The second-order valence-electron chi connectivity index (χ2n) is 4.01. The van der Waals surface area contributed by atoms with E-state index in [4.69, 9.17) is 0 Å². The Morgan fingerprint density at radius 3 is 2.95 bits per heavy atom. The summed E-state index contributed by atoms with van der Waals surface area (Å²) in [6.07, 6.45) is 8.11. The molecule has 0 amide bonds. The lowest BCUT2D eigenvalue weighted by Crippen LogP contribution is -1.96. The van der Waals surface area contributed by atoms with Gasteiger partial charge in [-0.25, -0.2) is 4.98 Å². The molecule has 100 valence electrons. The molecule has 0 saturated heterocycles. The quantitative estimate of drug-likeness (QED) is 0.630. The average Bonchev–Trinajstić information content (AvgIpc) is 2.87. The van der Waals surface area contributed by atoms with Gasteiger partial charge < -0.3 is 9.67 Å². The number of aromatic nitrogens is 2. The lowest BCUT2D eigenvalue weighted by Gasteiger charge is -2.03. The summed E-state index contributed by atoms with van der Waals surface area (Å²) in [6.45, 7) is 1.60. The first-order valence-electron chi connectivity index (χ1n) is 5.80. The fourth-order valence-electron chi connectivity index (χ4n) is 1.61. The molecule has 0 aliphatic carbocycles. The van der Waals surface area contributed by atoms with Gasteiger partial charge in [-0.05, 0) is 34.5 Å². The van der Waals surface area contributed by atoms with Crippen molar-refractivity contribution in [3.8, 4) is 5.75 Å². The number of phenols is 1. The predicted molar refractivity (Wildman–Crippen MR) is 82.8 cm³/mol. The van der Waals surface area contributed by atoms with Crippen LogP contribution in [-0.2, 0) is 6.54 Å². The minimum atomic E-state index is 0.210. The number of phenolic OH excluding ortho intramolecular Hbond substituents is 1. The topological polar surface area (TPSA) is 50.4 Å². The van der Waals surface area contributed by atoms with E-state index in [1.807, 2.05) is 16.8 Å².